The van der Waals surface area contributed by atoms with E-state index in [0.29, 0.717) is 32.1 Å². The van der Waals surface area contributed by atoms with Gasteiger partial charge in [0, 0.05) is 33.3 Å². The van der Waals surface area contributed by atoms with Crippen LogP contribution in [0.25, 0.3) is 0 Å². The van der Waals surface area contributed by atoms with Crippen molar-refractivity contribution in [3.63, 3.8) is 0 Å². The van der Waals surface area contributed by atoms with Crippen molar-refractivity contribution in [2.75, 3.05) is 39.9 Å². The molecule has 2 amide bonds. The summed E-state index contributed by atoms with van der Waals surface area (Å²) in [5.74, 6) is 2.66. The van der Waals surface area contributed by atoms with Crippen LogP contribution in [0.3, 0.4) is 0 Å². The van der Waals surface area contributed by atoms with Crippen LogP contribution in [0.5, 0.6) is 0 Å². The highest BCUT2D eigenvalue weighted by Gasteiger charge is 2.55. The average molecular weight is 386 g/mol. The van der Waals surface area contributed by atoms with Gasteiger partial charge in [-0.2, -0.15) is 0 Å². The topological polar surface area (TPSA) is 75.9 Å². The highest BCUT2D eigenvalue weighted by molar-refractivity contribution is 5.85. The number of piperazine rings is 1. The minimum atomic E-state index is -0.601. The maximum atomic E-state index is 13.3. The second-order valence-corrected chi connectivity index (χ2v) is 8.88. The Bertz CT molecular complexity index is 513. The summed E-state index contributed by atoms with van der Waals surface area (Å²) in [6.45, 7) is 2.71. The zero-order valence-electron chi connectivity index (χ0n) is 15.7. The van der Waals surface area contributed by atoms with Crippen molar-refractivity contribution < 1.29 is 14.3 Å². The summed E-state index contributed by atoms with van der Waals surface area (Å²) in [7, 11) is 1.55. The molecule has 1 heterocycles. The summed E-state index contributed by atoms with van der Waals surface area (Å²) in [4.78, 5) is 29.5. The number of amides is 2. The van der Waals surface area contributed by atoms with Crippen LogP contribution >= 0.6 is 12.4 Å². The number of halogens is 1. The second kappa shape index (κ2) is 7.64. The number of hydrogen-bond donors (Lipinski definition) is 1. The third kappa shape index (κ3) is 3.48. The molecule has 5 fully saturated rings. The SMILES string of the molecule is COCC(N)C(=O)N1CCN(C(=O)C23CC4CC(CC(C4)C2)C3)CC1.Cl. The van der Waals surface area contributed by atoms with Gasteiger partial charge in [0.2, 0.25) is 11.8 Å². The van der Waals surface area contributed by atoms with Crippen molar-refractivity contribution in [3.8, 4) is 0 Å². The lowest BCUT2D eigenvalue weighted by atomic mass is 9.49. The van der Waals surface area contributed by atoms with Gasteiger partial charge in [0.05, 0.1) is 12.0 Å². The molecule has 5 rings (SSSR count). The minimum Gasteiger partial charge on any atom is -0.383 e. The lowest BCUT2D eigenvalue weighted by Gasteiger charge is -2.57. The molecule has 2 N–H and O–H groups in total. The van der Waals surface area contributed by atoms with Crippen molar-refractivity contribution in [1.82, 2.24) is 9.80 Å². The standard InChI is InChI=1S/C19H31N3O3.ClH/c1-25-12-16(20)17(23)21-2-4-22(5-3-21)18(24)19-9-13-6-14(10-19)8-15(7-13)11-19;/h13-16H,2-12,20H2,1H3;1H. The van der Waals surface area contributed by atoms with E-state index in [-0.39, 0.29) is 30.3 Å². The van der Waals surface area contributed by atoms with Crippen LogP contribution in [-0.2, 0) is 14.3 Å². The molecule has 7 heteroatoms. The Balaban J connectivity index is 0.00000196. The van der Waals surface area contributed by atoms with E-state index in [1.165, 1.54) is 19.3 Å². The summed E-state index contributed by atoms with van der Waals surface area (Å²) < 4.78 is 4.98. The van der Waals surface area contributed by atoms with Crippen LogP contribution in [0.2, 0.25) is 0 Å². The van der Waals surface area contributed by atoms with E-state index in [2.05, 4.69) is 0 Å². The molecule has 0 aromatic rings. The van der Waals surface area contributed by atoms with Crippen molar-refractivity contribution >= 4 is 24.2 Å². The molecule has 0 aromatic heterocycles. The van der Waals surface area contributed by atoms with E-state index in [1.54, 1.807) is 12.0 Å². The third-order valence-electron chi connectivity index (χ3n) is 7.03. The fraction of sp³-hybridized carbons (Fsp3) is 0.895. The molecule has 26 heavy (non-hydrogen) atoms. The highest BCUT2D eigenvalue weighted by Crippen LogP contribution is 2.60. The van der Waals surface area contributed by atoms with Gasteiger partial charge in [0.25, 0.3) is 0 Å². The van der Waals surface area contributed by atoms with Gasteiger partial charge in [-0.25, -0.2) is 0 Å². The Hall–Kier alpha value is -0.850. The van der Waals surface area contributed by atoms with Crippen LogP contribution in [-0.4, -0.2) is 67.6 Å². The zero-order valence-corrected chi connectivity index (χ0v) is 16.5. The summed E-state index contributed by atoms with van der Waals surface area (Å²) in [5.41, 5.74) is 5.78. The van der Waals surface area contributed by atoms with Crippen molar-refractivity contribution in [2.24, 2.45) is 28.9 Å². The summed E-state index contributed by atoms with van der Waals surface area (Å²) in [6.07, 6.45) is 7.38. The van der Waals surface area contributed by atoms with Gasteiger partial charge in [0.1, 0.15) is 6.04 Å². The molecule has 1 unspecified atom stereocenters. The lowest BCUT2D eigenvalue weighted by molar-refractivity contribution is -0.160. The number of rotatable bonds is 4. The fourth-order valence-corrected chi connectivity index (χ4v) is 6.32. The van der Waals surface area contributed by atoms with Gasteiger partial charge in [-0.15, -0.1) is 12.4 Å². The smallest absolute Gasteiger partial charge is 0.241 e. The summed E-state index contributed by atoms with van der Waals surface area (Å²) in [6, 6.07) is -0.601. The van der Waals surface area contributed by atoms with Crippen molar-refractivity contribution in [3.05, 3.63) is 0 Å². The van der Waals surface area contributed by atoms with Gasteiger partial charge < -0.3 is 20.3 Å². The second-order valence-electron chi connectivity index (χ2n) is 8.88. The monoisotopic (exact) mass is 385 g/mol. The Labute approximate surface area is 162 Å². The summed E-state index contributed by atoms with van der Waals surface area (Å²) in [5, 5.41) is 0. The number of nitrogens with zero attached hydrogens (tertiary/aromatic N) is 2. The number of ether oxygens (including phenoxy) is 1. The molecule has 1 saturated heterocycles. The molecular weight excluding hydrogens is 354 g/mol. The molecule has 1 aliphatic heterocycles. The van der Waals surface area contributed by atoms with E-state index in [0.717, 1.165) is 37.0 Å². The van der Waals surface area contributed by atoms with E-state index in [4.69, 9.17) is 10.5 Å². The highest BCUT2D eigenvalue weighted by atomic mass is 35.5. The third-order valence-corrected chi connectivity index (χ3v) is 7.03. The first-order chi connectivity index (χ1) is 12.0. The van der Waals surface area contributed by atoms with Gasteiger partial charge in [-0.1, -0.05) is 0 Å². The molecule has 4 bridgehead atoms. The van der Waals surface area contributed by atoms with Gasteiger partial charge >= 0.3 is 0 Å². The van der Waals surface area contributed by atoms with Crippen LogP contribution in [0.4, 0.5) is 0 Å². The molecule has 0 radical (unpaired) electrons. The van der Waals surface area contributed by atoms with E-state index in [9.17, 15) is 9.59 Å². The van der Waals surface area contributed by atoms with Crippen LogP contribution in [0.15, 0.2) is 0 Å². The predicted molar refractivity (Wildman–Crippen MR) is 101 cm³/mol. The fourth-order valence-electron chi connectivity index (χ4n) is 6.32. The first-order valence-electron chi connectivity index (χ1n) is 9.83. The number of nitrogens with two attached hydrogens (primary N) is 1. The Morgan fingerprint density at radius 2 is 1.46 bits per heavy atom. The largest absolute Gasteiger partial charge is 0.383 e. The number of hydrogen-bond acceptors (Lipinski definition) is 4. The molecular formula is C19H32ClN3O3. The van der Waals surface area contributed by atoms with Crippen LogP contribution < -0.4 is 5.73 Å². The predicted octanol–water partition coefficient (Wildman–Crippen LogP) is 1.27. The van der Waals surface area contributed by atoms with Crippen molar-refractivity contribution in [2.45, 2.75) is 44.6 Å². The van der Waals surface area contributed by atoms with Gasteiger partial charge in [-0.05, 0) is 56.3 Å². The first-order valence-corrected chi connectivity index (χ1v) is 9.83. The van der Waals surface area contributed by atoms with Crippen LogP contribution in [0, 0.1) is 23.2 Å². The average Bonchev–Trinajstić information content (AvgIpc) is 2.59. The van der Waals surface area contributed by atoms with E-state index in [1.807, 2.05) is 4.90 Å². The molecule has 0 aromatic carbocycles. The lowest BCUT2D eigenvalue weighted by Crippen LogP contribution is -2.60. The molecule has 6 nitrogen and oxygen atoms in total. The molecule has 5 aliphatic rings. The van der Waals surface area contributed by atoms with E-state index < -0.39 is 6.04 Å². The minimum absolute atomic E-state index is 0. The quantitative estimate of drug-likeness (QED) is 0.790. The molecule has 4 saturated carbocycles. The Morgan fingerprint density at radius 3 is 1.92 bits per heavy atom. The van der Waals surface area contributed by atoms with Crippen LogP contribution in [0.1, 0.15) is 38.5 Å². The van der Waals surface area contributed by atoms with Gasteiger partial charge in [0.15, 0.2) is 0 Å². The maximum absolute atomic E-state index is 13.3. The summed E-state index contributed by atoms with van der Waals surface area (Å²) >= 11 is 0. The van der Waals surface area contributed by atoms with E-state index >= 15 is 0 Å². The van der Waals surface area contributed by atoms with Crippen molar-refractivity contribution in [1.29, 1.82) is 0 Å². The first kappa shape index (κ1) is 19.9. The molecule has 1 atom stereocenters. The maximum Gasteiger partial charge on any atom is 0.241 e. The number of carbonyl (C=O) groups is 2. The molecule has 0 spiro atoms. The number of methoxy groups -OCH3 is 1. The molecule has 148 valence electrons. The Kier molecular flexibility index (Phi) is 5.85. The molecule has 4 aliphatic carbocycles. The zero-order chi connectivity index (χ0) is 17.6. The van der Waals surface area contributed by atoms with Gasteiger partial charge in [-0.3, -0.25) is 9.59 Å². The Morgan fingerprint density at radius 1 is 1.00 bits per heavy atom. The normalized spacial score (nSPS) is 36.6. The number of carbonyl (C=O) groups excluding carboxylic acids is 2.